The number of rotatable bonds is 2. The fraction of sp³-hybridized carbons (Fsp3) is 1.00. The second kappa shape index (κ2) is 3.49. The SMILES string of the molecule is CS(=O)(=O)CC1CNCC(F)(F)C1. The van der Waals surface area contributed by atoms with E-state index >= 15 is 0 Å². The Morgan fingerprint density at radius 1 is 1.54 bits per heavy atom. The zero-order valence-corrected chi connectivity index (χ0v) is 8.20. The van der Waals surface area contributed by atoms with Crippen LogP contribution in [0.1, 0.15) is 6.42 Å². The van der Waals surface area contributed by atoms with Crippen molar-refractivity contribution >= 4 is 9.84 Å². The second-order valence-corrected chi connectivity index (χ2v) is 5.83. The molecule has 1 aliphatic rings. The molecule has 0 aliphatic carbocycles. The molecule has 1 fully saturated rings. The largest absolute Gasteiger partial charge is 0.311 e. The lowest BCUT2D eigenvalue weighted by atomic mass is 9.99. The molecule has 1 atom stereocenters. The van der Waals surface area contributed by atoms with Gasteiger partial charge in [-0.3, -0.25) is 0 Å². The maximum absolute atomic E-state index is 12.8. The van der Waals surface area contributed by atoms with Crippen LogP contribution in [0.3, 0.4) is 0 Å². The first-order valence-corrected chi connectivity index (χ1v) is 6.11. The highest BCUT2D eigenvalue weighted by Crippen LogP contribution is 2.26. The van der Waals surface area contributed by atoms with E-state index in [2.05, 4.69) is 5.32 Å². The van der Waals surface area contributed by atoms with Crippen LogP contribution in [0.25, 0.3) is 0 Å². The van der Waals surface area contributed by atoms with Gasteiger partial charge in [0.15, 0.2) is 0 Å². The van der Waals surface area contributed by atoms with Crippen LogP contribution in [-0.2, 0) is 9.84 Å². The summed E-state index contributed by atoms with van der Waals surface area (Å²) in [6.07, 6.45) is 0.743. The first-order chi connectivity index (χ1) is 5.79. The molecule has 0 radical (unpaired) electrons. The van der Waals surface area contributed by atoms with Gasteiger partial charge in [0.05, 0.1) is 12.3 Å². The van der Waals surface area contributed by atoms with Crippen molar-refractivity contribution in [2.75, 3.05) is 25.1 Å². The van der Waals surface area contributed by atoms with E-state index in [1.54, 1.807) is 0 Å². The van der Waals surface area contributed by atoms with Crippen molar-refractivity contribution in [3.63, 3.8) is 0 Å². The summed E-state index contributed by atoms with van der Waals surface area (Å²) in [6.45, 7) is 0.0237. The van der Waals surface area contributed by atoms with Gasteiger partial charge in [0.2, 0.25) is 0 Å². The predicted molar refractivity (Wildman–Crippen MR) is 45.6 cm³/mol. The van der Waals surface area contributed by atoms with Crippen molar-refractivity contribution in [1.29, 1.82) is 0 Å². The van der Waals surface area contributed by atoms with Crippen molar-refractivity contribution in [2.45, 2.75) is 12.3 Å². The van der Waals surface area contributed by atoms with Crippen LogP contribution in [0.4, 0.5) is 8.78 Å². The number of halogens is 2. The molecule has 1 rings (SSSR count). The third kappa shape index (κ3) is 3.99. The monoisotopic (exact) mass is 213 g/mol. The number of hydrogen-bond acceptors (Lipinski definition) is 3. The van der Waals surface area contributed by atoms with Gasteiger partial charge in [0, 0.05) is 12.7 Å². The molecule has 0 bridgehead atoms. The summed E-state index contributed by atoms with van der Waals surface area (Å²) in [4.78, 5) is 0. The van der Waals surface area contributed by atoms with Gasteiger partial charge >= 0.3 is 0 Å². The first kappa shape index (κ1) is 10.8. The van der Waals surface area contributed by atoms with Crippen molar-refractivity contribution in [3.8, 4) is 0 Å². The number of alkyl halides is 2. The second-order valence-electron chi connectivity index (χ2n) is 3.65. The van der Waals surface area contributed by atoms with Crippen molar-refractivity contribution < 1.29 is 17.2 Å². The normalized spacial score (nSPS) is 28.7. The quantitative estimate of drug-likeness (QED) is 0.716. The van der Waals surface area contributed by atoms with E-state index < -0.39 is 21.7 Å². The van der Waals surface area contributed by atoms with Crippen LogP contribution in [-0.4, -0.2) is 39.4 Å². The average Bonchev–Trinajstić information content (AvgIpc) is 1.79. The molecule has 1 heterocycles. The minimum absolute atomic E-state index is 0.157. The topological polar surface area (TPSA) is 46.2 Å². The van der Waals surface area contributed by atoms with E-state index in [1.807, 2.05) is 0 Å². The van der Waals surface area contributed by atoms with E-state index in [-0.39, 0.29) is 18.7 Å². The molecule has 0 aromatic rings. The molecule has 1 N–H and O–H groups in total. The zero-order valence-electron chi connectivity index (χ0n) is 7.39. The van der Waals surface area contributed by atoms with Gasteiger partial charge in [0.25, 0.3) is 5.92 Å². The van der Waals surface area contributed by atoms with Crippen LogP contribution < -0.4 is 5.32 Å². The third-order valence-electron chi connectivity index (χ3n) is 1.94. The predicted octanol–water partition coefficient (Wildman–Crippen LogP) is 0.276. The van der Waals surface area contributed by atoms with Crippen LogP contribution >= 0.6 is 0 Å². The Morgan fingerprint density at radius 3 is 2.62 bits per heavy atom. The number of sulfone groups is 1. The Labute approximate surface area is 76.4 Å². The molecule has 1 unspecified atom stereocenters. The lowest BCUT2D eigenvalue weighted by Crippen LogP contribution is -2.45. The molecule has 0 spiro atoms. The van der Waals surface area contributed by atoms with Crippen molar-refractivity contribution in [1.82, 2.24) is 5.32 Å². The molecule has 0 aromatic carbocycles. The van der Waals surface area contributed by atoms with E-state index in [4.69, 9.17) is 0 Å². The fourth-order valence-corrected chi connectivity index (χ4v) is 2.66. The molecule has 0 saturated carbocycles. The smallest absolute Gasteiger partial charge is 0.260 e. The molecule has 13 heavy (non-hydrogen) atoms. The number of nitrogens with one attached hydrogen (secondary N) is 1. The van der Waals surface area contributed by atoms with E-state index in [0.717, 1.165) is 6.26 Å². The van der Waals surface area contributed by atoms with Crippen LogP contribution in [0.5, 0.6) is 0 Å². The van der Waals surface area contributed by atoms with Crippen molar-refractivity contribution in [2.24, 2.45) is 5.92 Å². The summed E-state index contributed by atoms with van der Waals surface area (Å²) in [7, 11) is -3.15. The number of hydrogen-bond donors (Lipinski definition) is 1. The maximum Gasteiger partial charge on any atom is 0.260 e. The van der Waals surface area contributed by atoms with Gasteiger partial charge in [-0.1, -0.05) is 0 Å². The van der Waals surface area contributed by atoms with Gasteiger partial charge in [-0.15, -0.1) is 0 Å². The molecule has 1 saturated heterocycles. The highest BCUT2D eigenvalue weighted by Gasteiger charge is 2.37. The molecule has 1 aliphatic heterocycles. The molecule has 78 valence electrons. The third-order valence-corrected chi connectivity index (χ3v) is 3.02. The van der Waals surface area contributed by atoms with Crippen molar-refractivity contribution in [3.05, 3.63) is 0 Å². The highest BCUT2D eigenvalue weighted by molar-refractivity contribution is 7.90. The summed E-state index contributed by atoms with van der Waals surface area (Å²) in [5.41, 5.74) is 0. The van der Waals surface area contributed by atoms with Crippen LogP contribution in [0.15, 0.2) is 0 Å². The lowest BCUT2D eigenvalue weighted by Gasteiger charge is -2.29. The Kier molecular flexibility index (Phi) is 2.91. The molecular formula is C7H13F2NO2S. The summed E-state index contributed by atoms with van der Waals surface area (Å²) in [5.74, 6) is -3.37. The maximum atomic E-state index is 12.8. The summed E-state index contributed by atoms with van der Waals surface area (Å²) in [6, 6.07) is 0. The number of piperidine rings is 1. The summed E-state index contributed by atoms with van der Waals surface area (Å²) >= 11 is 0. The zero-order chi connectivity index (χ0) is 10.1. The van der Waals surface area contributed by atoms with Crippen LogP contribution in [0, 0.1) is 5.92 Å². The highest BCUT2D eigenvalue weighted by atomic mass is 32.2. The Bertz CT molecular complexity index is 276. The lowest BCUT2D eigenvalue weighted by molar-refractivity contribution is -0.0357. The Hall–Kier alpha value is -0.230. The summed E-state index contributed by atoms with van der Waals surface area (Å²) < 4.78 is 47.2. The van der Waals surface area contributed by atoms with Gasteiger partial charge in [-0.2, -0.15) is 0 Å². The van der Waals surface area contributed by atoms with Gasteiger partial charge in [-0.25, -0.2) is 17.2 Å². The fourth-order valence-electron chi connectivity index (χ4n) is 1.57. The Balaban J connectivity index is 2.53. The minimum atomic E-state index is -3.15. The van der Waals surface area contributed by atoms with Crippen LogP contribution in [0.2, 0.25) is 0 Å². The molecule has 0 aromatic heterocycles. The summed E-state index contributed by atoms with van der Waals surface area (Å²) in [5, 5.41) is 2.53. The Morgan fingerprint density at radius 2 is 2.15 bits per heavy atom. The van der Waals surface area contributed by atoms with E-state index in [0.29, 0.717) is 6.54 Å². The minimum Gasteiger partial charge on any atom is -0.311 e. The van der Waals surface area contributed by atoms with Gasteiger partial charge in [0.1, 0.15) is 9.84 Å². The van der Waals surface area contributed by atoms with Gasteiger partial charge < -0.3 is 5.32 Å². The molecule has 0 amide bonds. The molecule has 6 heteroatoms. The van der Waals surface area contributed by atoms with Gasteiger partial charge in [-0.05, 0) is 12.5 Å². The standard InChI is InChI=1S/C7H13F2NO2S/c1-13(11,12)4-6-2-7(8,9)5-10-3-6/h6,10H,2-5H2,1H3. The van der Waals surface area contributed by atoms with E-state index in [1.165, 1.54) is 0 Å². The average molecular weight is 213 g/mol. The molecule has 3 nitrogen and oxygen atoms in total. The molecular weight excluding hydrogens is 200 g/mol. The first-order valence-electron chi connectivity index (χ1n) is 4.05. The van der Waals surface area contributed by atoms with E-state index in [9.17, 15) is 17.2 Å².